The molecule has 1 atom stereocenters. The largest absolute Gasteiger partial charge is 0.354 e. The summed E-state index contributed by atoms with van der Waals surface area (Å²) in [4.78, 5) is 15.0. The van der Waals surface area contributed by atoms with Gasteiger partial charge in [-0.3, -0.25) is 9.10 Å². The maximum absolute atomic E-state index is 12.5. The molecule has 164 valence electrons. The van der Waals surface area contributed by atoms with Crippen molar-refractivity contribution in [1.82, 2.24) is 10.2 Å². The van der Waals surface area contributed by atoms with Gasteiger partial charge in [0.25, 0.3) is 0 Å². The Labute approximate surface area is 176 Å². The third kappa shape index (κ3) is 7.00. The van der Waals surface area contributed by atoms with Gasteiger partial charge in [0.05, 0.1) is 11.9 Å². The quantitative estimate of drug-likeness (QED) is 0.586. The summed E-state index contributed by atoms with van der Waals surface area (Å²) in [5.41, 5.74) is 1.50. The fraction of sp³-hybridized carbons (Fsp3) is 0.682. The van der Waals surface area contributed by atoms with Crippen LogP contribution in [-0.4, -0.2) is 57.7 Å². The molecule has 0 saturated carbocycles. The zero-order valence-corrected chi connectivity index (χ0v) is 19.2. The summed E-state index contributed by atoms with van der Waals surface area (Å²) in [6, 6.07) is 8.04. The molecule has 1 aliphatic heterocycles. The van der Waals surface area contributed by atoms with Crippen LogP contribution in [0.2, 0.25) is 0 Å². The van der Waals surface area contributed by atoms with Gasteiger partial charge in [-0.05, 0) is 49.8 Å². The number of para-hydroxylation sites is 1. The number of nitrogens with one attached hydrogen (secondary N) is 1. The van der Waals surface area contributed by atoms with E-state index in [2.05, 4.69) is 17.1 Å². The molecule has 1 amide bonds. The third-order valence-corrected chi connectivity index (χ3v) is 6.81. The van der Waals surface area contributed by atoms with Gasteiger partial charge >= 0.3 is 0 Å². The van der Waals surface area contributed by atoms with E-state index in [0.717, 1.165) is 31.3 Å². The average molecular weight is 424 g/mol. The van der Waals surface area contributed by atoms with Crippen LogP contribution in [-0.2, 0) is 14.8 Å². The molecule has 1 fully saturated rings. The molecule has 29 heavy (non-hydrogen) atoms. The molecule has 1 aromatic carbocycles. The molecule has 1 N–H and O–H groups in total. The van der Waals surface area contributed by atoms with E-state index < -0.39 is 10.0 Å². The Bertz CT molecular complexity index is 764. The van der Waals surface area contributed by atoms with Crippen LogP contribution in [0.3, 0.4) is 0 Å². The van der Waals surface area contributed by atoms with Crippen LogP contribution in [0.5, 0.6) is 0 Å². The van der Waals surface area contributed by atoms with E-state index in [-0.39, 0.29) is 18.4 Å². The second-order valence-corrected chi connectivity index (χ2v) is 10.2. The molecule has 1 aliphatic rings. The molecule has 0 aliphatic carbocycles. The van der Waals surface area contributed by atoms with E-state index in [1.165, 1.54) is 30.0 Å². The first kappa shape index (κ1) is 23.7. The Hall–Kier alpha value is -1.60. The number of hydrogen-bond donors (Lipinski definition) is 1. The summed E-state index contributed by atoms with van der Waals surface area (Å²) in [5, 5.41) is 2.90. The lowest BCUT2D eigenvalue weighted by molar-refractivity contribution is -0.119. The van der Waals surface area contributed by atoms with Gasteiger partial charge in [0.2, 0.25) is 15.9 Å². The average Bonchev–Trinajstić information content (AvgIpc) is 2.68. The lowest BCUT2D eigenvalue weighted by atomic mass is 10.00. The van der Waals surface area contributed by atoms with Crippen molar-refractivity contribution in [3.63, 3.8) is 0 Å². The maximum Gasteiger partial charge on any atom is 0.240 e. The van der Waals surface area contributed by atoms with Crippen LogP contribution < -0.4 is 9.62 Å². The summed E-state index contributed by atoms with van der Waals surface area (Å²) in [6.07, 6.45) is 7.03. The Kier molecular flexibility index (Phi) is 8.96. The van der Waals surface area contributed by atoms with E-state index in [1.54, 1.807) is 12.1 Å². The maximum atomic E-state index is 12.5. The highest BCUT2D eigenvalue weighted by molar-refractivity contribution is 7.92. The monoisotopic (exact) mass is 423 g/mol. The molecule has 7 heteroatoms. The summed E-state index contributed by atoms with van der Waals surface area (Å²) >= 11 is 0. The number of sulfonamides is 1. The molecule has 0 spiro atoms. The van der Waals surface area contributed by atoms with Crippen molar-refractivity contribution in [1.29, 1.82) is 0 Å². The standard InChI is InChI=1S/C22H37N3O3S/c1-5-19-11-8-9-15-24(19)16-10-14-23-22(26)17-25(29(4,27)28)21-13-7-6-12-20(21)18(2)3/h6-7,12-13,18-19H,5,8-11,14-17H2,1-4H3,(H,23,26). The molecule has 0 bridgehead atoms. The van der Waals surface area contributed by atoms with E-state index in [0.29, 0.717) is 18.3 Å². The van der Waals surface area contributed by atoms with E-state index in [1.807, 2.05) is 26.0 Å². The second-order valence-electron chi connectivity index (χ2n) is 8.28. The molecule has 1 aromatic rings. The Morgan fingerprint density at radius 3 is 2.66 bits per heavy atom. The van der Waals surface area contributed by atoms with Gasteiger partial charge in [0.1, 0.15) is 6.54 Å². The number of carbonyl (C=O) groups excluding carboxylic acids is 1. The first-order chi connectivity index (χ1) is 13.7. The molecule has 1 unspecified atom stereocenters. The number of rotatable bonds is 10. The predicted octanol–water partition coefficient (Wildman–Crippen LogP) is 3.35. The molecule has 1 heterocycles. The smallest absolute Gasteiger partial charge is 0.240 e. The topological polar surface area (TPSA) is 69.7 Å². The minimum atomic E-state index is -3.56. The van der Waals surface area contributed by atoms with Crippen molar-refractivity contribution in [2.45, 2.75) is 64.8 Å². The van der Waals surface area contributed by atoms with Crippen LogP contribution in [0.1, 0.15) is 64.4 Å². The van der Waals surface area contributed by atoms with E-state index in [4.69, 9.17) is 0 Å². The molecular weight excluding hydrogens is 386 g/mol. The Morgan fingerprint density at radius 1 is 1.28 bits per heavy atom. The number of nitrogens with zero attached hydrogens (tertiary/aromatic N) is 2. The Balaban J connectivity index is 1.93. The number of benzene rings is 1. The number of likely N-dealkylation sites (tertiary alicyclic amines) is 1. The van der Waals surface area contributed by atoms with Crippen LogP contribution >= 0.6 is 0 Å². The lowest BCUT2D eigenvalue weighted by Crippen LogP contribution is -2.43. The number of carbonyl (C=O) groups is 1. The van der Waals surface area contributed by atoms with Crippen LogP contribution in [0, 0.1) is 0 Å². The number of piperidine rings is 1. The lowest BCUT2D eigenvalue weighted by Gasteiger charge is -2.35. The number of amides is 1. The Morgan fingerprint density at radius 2 is 2.00 bits per heavy atom. The summed E-state index contributed by atoms with van der Waals surface area (Å²) in [7, 11) is -3.56. The van der Waals surface area contributed by atoms with E-state index >= 15 is 0 Å². The highest BCUT2D eigenvalue weighted by Crippen LogP contribution is 2.28. The van der Waals surface area contributed by atoms with Gasteiger partial charge in [0.15, 0.2) is 0 Å². The van der Waals surface area contributed by atoms with Crippen molar-refractivity contribution in [3.05, 3.63) is 29.8 Å². The SMILES string of the molecule is CCC1CCCCN1CCCNC(=O)CN(c1ccccc1C(C)C)S(C)(=O)=O. The zero-order chi connectivity index (χ0) is 21.4. The van der Waals surface area contributed by atoms with Gasteiger partial charge in [-0.1, -0.05) is 45.4 Å². The van der Waals surface area contributed by atoms with Crippen molar-refractivity contribution in [2.75, 3.05) is 36.7 Å². The van der Waals surface area contributed by atoms with Gasteiger partial charge in [-0.15, -0.1) is 0 Å². The molecule has 0 radical (unpaired) electrons. The third-order valence-electron chi connectivity index (χ3n) is 5.68. The van der Waals surface area contributed by atoms with Gasteiger partial charge in [-0.2, -0.15) is 0 Å². The van der Waals surface area contributed by atoms with Gasteiger partial charge < -0.3 is 10.2 Å². The molecular formula is C22H37N3O3S. The minimum Gasteiger partial charge on any atom is -0.354 e. The first-order valence-electron chi connectivity index (χ1n) is 10.8. The number of hydrogen-bond acceptors (Lipinski definition) is 4. The fourth-order valence-electron chi connectivity index (χ4n) is 4.10. The second kappa shape index (κ2) is 11.0. The normalized spacial score (nSPS) is 18.0. The van der Waals surface area contributed by atoms with Crippen molar-refractivity contribution in [3.8, 4) is 0 Å². The fourth-order valence-corrected chi connectivity index (χ4v) is 4.97. The predicted molar refractivity (Wildman–Crippen MR) is 120 cm³/mol. The van der Waals surface area contributed by atoms with Crippen LogP contribution in [0.15, 0.2) is 24.3 Å². The van der Waals surface area contributed by atoms with E-state index in [9.17, 15) is 13.2 Å². The highest BCUT2D eigenvalue weighted by atomic mass is 32.2. The zero-order valence-electron chi connectivity index (χ0n) is 18.4. The number of anilines is 1. The molecule has 0 aromatic heterocycles. The minimum absolute atomic E-state index is 0.162. The van der Waals surface area contributed by atoms with Crippen molar-refractivity contribution < 1.29 is 13.2 Å². The van der Waals surface area contributed by atoms with Crippen LogP contribution in [0.4, 0.5) is 5.69 Å². The molecule has 2 rings (SSSR count). The molecule has 1 saturated heterocycles. The van der Waals surface area contributed by atoms with Crippen LogP contribution in [0.25, 0.3) is 0 Å². The molecule has 6 nitrogen and oxygen atoms in total. The summed E-state index contributed by atoms with van der Waals surface area (Å²) in [6.45, 7) is 8.76. The van der Waals surface area contributed by atoms with Crippen molar-refractivity contribution >= 4 is 21.6 Å². The first-order valence-corrected chi connectivity index (χ1v) is 12.7. The summed E-state index contributed by atoms with van der Waals surface area (Å²) < 4.78 is 26.0. The van der Waals surface area contributed by atoms with Crippen molar-refractivity contribution in [2.24, 2.45) is 0 Å². The summed E-state index contributed by atoms with van der Waals surface area (Å²) in [5.74, 6) is -0.103. The van der Waals surface area contributed by atoms with Gasteiger partial charge in [0, 0.05) is 19.1 Å². The van der Waals surface area contributed by atoms with Gasteiger partial charge in [-0.25, -0.2) is 8.42 Å². The highest BCUT2D eigenvalue weighted by Gasteiger charge is 2.24.